The first-order valence-corrected chi connectivity index (χ1v) is 13.2. The number of hydrogen-bond donors (Lipinski definition) is 2. The molecular formula is C24H49O4Ti. The fourth-order valence-corrected chi connectivity index (χ4v) is 4.08. The van der Waals surface area contributed by atoms with E-state index in [0.29, 0.717) is 5.92 Å². The van der Waals surface area contributed by atoms with Crippen molar-refractivity contribution in [3.63, 3.8) is 0 Å². The number of carbonyl (C=O) groups is 1. The summed E-state index contributed by atoms with van der Waals surface area (Å²) in [5, 5.41) is 9.63. The maximum absolute atomic E-state index is 11.7. The normalized spacial score (nSPS) is 13.4. The van der Waals surface area contributed by atoms with Crippen LogP contribution >= 0.6 is 0 Å². The topological polar surface area (TPSA) is 74.6 Å². The molecule has 0 radical (unpaired) electrons. The fraction of sp³-hybridized carbons (Fsp3) is 0.958. The van der Waals surface area contributed by atoms with Gasteiger partial charge in [0, 0.05) is 0 Å². The van der Waals surface area contributed by atoms with Gasteiger partial charge in [0.05, 0.1) is 5.41 Å². The summed E-state index contributed by atoms with van der Waals surface area (Å²) in [6, 6.07) is 0. The zero-order valence-electron chi connectivity index (χ0n) is 20.2. The molecule has 173 valence electrons. The molecule has 0 rings (SSSR count). The van der Waals surface area contributed by atoms with Crippen LogP contribution in [-0.4, -0.2) is 14.8 Å². The molecule has 1 atom stereocenters. The van der Waals surface area contributed by atoms with Crippen LogP contribution in [0.15, 0.2) is 0 Å². The second-order valence-electron chi connectivity index (χ2n) is 9.59. The van der Waals surface area contributed by atoms with Gasteiger partial charge in [0.15, 0.2) is 0 Å². The molecule has 0 bridgehead atoms. The molecule has 0 spiro atoms. The van der Waals surface area contributed by atoms with Gasteiger partial charge in [0.2, 0.25) is 0 Å². The summed E-state index contributed by atoms with van der Waals surface area (Å²) in [7, 11) is 0. The van der Waals surface area contributed by atoms with Gasteiger partial charge in [-0.1, -0.05) is 111 Å². The third kappa shape index (κ3) is 13.8. The first-order valence-electron chi connectivity index (χ1n) is 11.9. The Morgan fingerprint density at radius 3 is 1.38 bits per heavy atom. The van der Waals surface area contributed by atoms with E-state index in [0.717, 1.165) is 12.8 Å². The molecule has 4 nitrogen and oxygen atoms in total. The van der Waals surface area contributed by atoms with Crippen molar-refractivity contribution in [3.05, 3.63) is 0 Å². The van der Waals surface area contributed by atoms with Gasteiger partial charge in [0.25, 0.3) is 0 Å². The molecule has 0 saturated carbocycles. The molecule has 0 fully saturated rings. The fourth-order valence-electron chi connectivity index (χ4n) is 4.08. The summed E-state index contributed by atoms with van der Waals surface area (Å²) in [6.07, 6.45) is 18.7. The van der Waals surface area contributed by atoms with E-state index >= 15 is 0 Å². The molecule has 0 aromatic heterocycles. The van der Waals surface area contributed by atoms with E-state index in [1.165, 1.54) is 77.0 Å². The van der Waals surface area contributed by atoms with E-state index in [4.69, 9.17) is 7.01 Å². The van der Waals surface area contributed by atoms with Gasteiger partial charge in [-0.25, -0.2) is 0 Å². The molecule has 1 unspecified atom stereocenters. The zero-order valence-corrected chi connectivity index (χ0v) is 21.7. The van der Waals surface area contributed by atoms with Crippen LogP contribution in [0.4, 0.5) is 0 Å². The quantitative estimate of drug-likeness (QED) is 0.177. The standard InChI is InChI=1S/C24H48O2.H2O.O.Ti/c1-7-8-9-10-11-12-13-14-15-16-17-18-19-20-24(6,21(2)3)23(4,5)22(25)26;;;/h21H,7-20H2,1-6H3,(H,25,26);1H2;;/q;;;+1/p-1. The number of unbranched alkanes of at least 4 members (excludes halogenated alkanes) is 12. The Morgan fingerprint density at radius 1 is 0.793 bits per heavy atom. The minimum absolute atomic E-state index is 0.142. The molecule has 0 saturated heterocycles. The Labute approximate surface area is 190 Å². The monoisotopic (exact) mass is 449 g/mol. The van der Waals surface area contributed by atoms with Crippen molar-refractivity contribution in [2.75, 3.05) is 0 Å². The molecule has 0 aliphatic carbocycles. The predicted molar refractivity (Wildman–Crippen MR) is 118 cm³/mol. The summed E-state index contributed by atoms with van der Waals surface area (Å²) in [4.78, 5) is 11.7. The average molecular weight is 450 g/mol. The van der Waals surface area contributed by atoms with Gasteiger partial charge in [-0.15, -0.1) is 0 Å². The van der Waals surface area contributed by atoms with Crippen LogP contribution in [0, 0.1) is 16.7 Å². The third-order valence-corrected chi connectivity index (χ3v) is 7.04. The van der Waals surface area contributed by atoms with Crippen LogP contribution in [0.5, 0.6) is 0 Å². The van der Waals surface area contributed by atoms with Crippen LogP contribution in [0.25, 0.3) is 0 Å². The SMILES string of the molecule is CCCCCCCCCCCCCCCC(C)(C(C)C)C(C)(C)C(=O)O.[O]=[Ti][OH]. The first-order chi connectivity index (χ1) is 13.6. The molecule has 0 aromatic rings. The van der Waals surface area contributed by atoms with Crippen LogP contribution in [0.3, 0.4) is 0 Å². The third-order valence-electron chi connectivity index (χ3n) is 7.04. The number of rotatable bonds is 17. The van der Waals surface area contributed by atoms with Crippen molar-refractivity contribution in [3.8, 4) is 0 Å². The van der Waals surface area contributed by atoms with Crippen LogP contribution in [0.2, 0.25) is 0 Å². The zero-order chi connectivity index (χ0) is 22.8. The Morgan fingerprint density at radius 2 is 1.10 bits per heavy atom. The Kier molecular flexibility index (Phi) is 20.1. The molecule has 2 N–H and O–H groups in total. The van der Waals surface area contributed by atoms with Gasteiger partial charge in [-0.3, -0.25) is 4.79 Å². The first kappa shape index (κ1) is 31.1. The average Bonchev–Trinajstić information content (AvgIpc) is 2.65. The van der Waals surface area contributed by atoms with Gasteiger partial charge in [-0.2, -0.15) is 0 Å². The van der Waals surface area contributed by atoms with Gasteiger partial charge in [0.1, 0.15) is 0 Å². The molecule has 0 heterocycles. The summed E-state index contributed by atoms with van der Waals surface area (Å²) in [5.41, 5.74) is -0.811. The van der Waals surface area contributed by atoms with E-state index in [2.05, 4.69) is 27.7 Å². The molecule has 0 aliphatic rings. The summed E-state index contributed by atoms with van der Waals surface area (Å²) in [6.45, 7) is 12.6. The molecule has 0 amide bonds. The maximum atomic E-state index is 11.7. The summed E-state index contributed by atoms with van der Waals surface area (Å²) >= 11 is -1.75. The van der Waals surface area contributed by atoms with Crippen molar-refractivity contribution in [1.82, 2.24) is 0 Å². The van der Waals surface area contributed by atoms with E-state index < -0.39 is 30.9 Å². The predicted octanol–water partition coefficient (Wildman–Crippen LogP) is 7.56. The second kappa shape index (κ2) is 18.7. The van der Waals surface area contributed by atoms with E-state index in [1.54, 1.807) is 0 Å². The van der Waals surface area contributed by atoms with Crippen molar-refractivity contribution in [1.29, 1.82) is 0 Å². The van der Waals surface area contributed by atoms with Crippen molar-refractivity contribution < 1.29 is 36.4 Å². The number of hydrogen-bond acceptors (Lipinski definition) is 2. The minimum atomic E-state index is -1.75. The van der Waals surface area contributed by atoms with Crippen LogP contribution < -0.4 is 0 Å². The molecule has 29 heavy (non-hydrogen) atoms. The summed E-state index contributed by atoms with van der Waals surface area (Å²) < 4.78 is 15.8. The van der Waals surface area contributed by atoms with E-state index in [1.807, 2.05) is 13.8 Å². The molecule has 5 heteroatoms. The molecular weight excluding hydrogens is 400 g/mol. The van der Waals surface area contributed by atoms with Crippen LogP contribution in [-0.2, 0) is 27.6 Å². The second-order valence-corrected chi connectivity index (χ2v) is 9.87. The van der Waals surface area contributed by atoms with Crippen molar-refractivity contribution in [2.45, 2.75) is 131 Å². The summed E-state index contributed by atoms with van der Waals surface area (Å²) in [5.74, 6) is -0.283. The number of carboxylic acid groups (broad SMARTS) is 1. The Bertz CT molecular complexity index is 410. The number of carboxylic acids is 1. The Hall–Kier alpha value is -0.0557. The van der Waals surface area contributed by atoms with Crippen LogP contribution in [0.1, 0.15) is 131 Å². The van der Waals surface area contributed by atoms with Crippen molar-refractivity contribution >= 4 is 5.97 Å². The van der Waals surface area contributed by atoms with Gasteiger partial charge >= 0.3 is 32.5 Å². The van der Waals surface area contributed by atoms with Gasteiger partial charge < -0.3 is 5.11 Å². The van der Waals surface area contributed by atoms with E-state index in [-0.39, 0.29) is 5.41 Å². The Balaban J connectivity index is 0. The molecule has 0 aliphatic heterocycles. The number of aliphatic carboxylic acids is 1. The van der Waals surface area contributed by atoms with Crippen molar-refractivity contribution in [2.24, 2.45) is 16.7 Å². The van der Waals surface area contributed by atoms with E-state index in [9.17, 15) is 9.90 Å². The van der Waals surface area contributed by atoms with Gasteiger partial charge in [-0.05, 0) is 31.6 Å². The molecule has 0 aromatic carbocycles.